The minimum absolute atomic E-state index is 0.172. The van der Waals surface area contributed by atoms with Crippen molar-refractivity contribution < 1.29 is 14.3 Å². The van der Waals surface area contributed by atoms with E-state index in [1.807, 2.05) is 24.3 Å². The summed E-state index contributed by atoms with van der Waals surface area (Å²) in [7, 11) is 0. The Morgan fingerprint density at radius 2 is 1.96 bits per heavy atom. The summed E-state index contributed by atoms with van der Waals surface area (Å²) in [5.74, 6) is 1.11. The van der Waals surface area contributed by atoms with Crippen molar-refractivity contribution in [2.45, 2.75) is 33.4 Å². The number of aromatic nitrogens is 1. The molecule has 5 nitrogen and oxygen atoms in total. The Morgan fingerprint density at radius 1 is 1.19 bits per heavy atom. The minimum atomic E-state index is -0.641. The Kier molecular flexibility index (Phi) is 4.07. The topological polar surface area (TPSA) is 63.4 Å². The van der Waals surface area contributed by atoms with Crippen molar-refractivity contribution in [1.82, 2.24) is 10.3 Å². The van der Waals surface area contributed by atoms with Crippen molar-refractivity contribution in [3.63, 3.8) is 0 Å². The highest BCUT2D eigenvalue weighted by atomic mass is 16.6. The average molecular weight is 350 g/mol. The standard InChI is InChI=1S/C21H22N2O3/c1-12-8-15(20-16(9-12)13(2)14(3)23-20)10-22-21(24)19-11-25-17-6-4-5-7-18(17)26-19/h4-9,19,23H,10-11H2,1-3H3,(H,22,24)/t19-/m0/s1. The predicted molar refractivity (Wildman–Crippen MR) is 101 cm³/mol. The van der Waals surface area contributed by atoms with Crippen molar-refractivity contribution >= 4 is 16.8 Å². The monoisotopic (exact) mass is 350 g/mol. The van der Waals surface area contributed by atoms with Crippen molar-refractivity contribution in [1.29, 1.82) is 0 Å². The minimum Gasteiger partial charge on any atom is -0.485 e. The number of aromatic amines is 1. The summed E-state index contributed by atoms with van der Waals surface area (Å²) in [6, 6.07) is 11.7. The molecule has 1 aliphatic rings. The lowest BCUT2D eigenvalue weighted by molar-refractivity contribution is -0.130. The number of ether oxygens (including phenoxy) is 2. The first-order valence-corrected chi connectivity index (χ1v) is 8.77. The van der Waals surface area contributed by atoms with Crippen LogP contribution in [0.25, 0.3) is 10.9 Å². The van der Waals surface area contributed by atoms with Gasteiger partial charge in [-0.1, -0.05) is 23.8 Å². The molecule has 0 aliphatic carbocycles. The Balaban J connectivity index is 1.50. The molecule has 0 spiro atoms. The van der Waals surface area contributed by atoms with E-state index >= 15 is 0 Å². The zero-order valence-electron chi connectivity index (χ0n) is 15.2. The van der Waals surface area contributed by atoms with Crippen molar-refractivity contribution in [3.8, 4) is 11.5 Å². The lowest BCUT2D eigenvalue weighted by Gasteiger charge is -2.25. The average Bonchev–Trinajstić information content (AvgIpc) is 2.93. The molecule has 0 fully saturated rings. The van der Waals surface area contributed by atoms with Gasteiger partial charge in [-0.15, -0.1) is 0 Å². The zero-order chi connectivity index (χ0) is 18.3. The number of hydrogen-bond acceptors (Lipinski definition) is 3. The fraction of sp³-hybridized carbons (Fsp3) is 0.286. The normalized spacial score (nSPS) is 15.9. The molecule has 2 N–H and O–H groups in total. The number of rotatable bonds is 3. The molecular formula is C21H22N2O3. The van der Waals surface area contributed by atoms with Crippen LogP contribution in [0.3, 0.4) is 0 Å². The molecule has 4 rings (SSSR count). The third kappa shape index (κ3) is 2.90. The van der Waals surface area contributed by atoms with Gasteiger partial charge in [-0.05, 0) is 50.1 Å². The van der Waals surface area contributed by atoms with Gasteiger partial charge < -0.3 is 19.8 Å². The summed E-state index contributed by atoms with van der Waals surface area (Å²) in [6.07, 6.45) is -0.641. The van der Waals surface area contributed by atoms with Crippen molar-refractivity contribution in [3.05, 3.63) is 58.8 Å². The summed E-state index contributed by atoms with van der Waals surface area (Å²) in [4.78, 5) is 16.0. The summed E-state index contributed by atoms with van der Waals surface area (Å²) in [5, 5.41) is 4.19. The molecule has 1 amide bonds. The van der Waals surface area contributed by atoms with E-state index in [0.717, 1.165) is 16.8 Å². The molecule has 134 valence electrons. The Bertz CT molecular complexity index is 990. The maximum absolute atomic E-state index is 12.5. The first kappa shape index (κ1) is 16.5. The fourth-order valence-electron chi connectivity index (χ4n) is 3.37. The van der Waals surface area contributed by atoms with Gasteiger partial charge in [-0.2, -0.15) is 0 Å². The number of benzene rings is 2. The SMILES string of the molecule is Cc1cc(CNC(=O)[C@@H]2COc3ccccc3O2)c2[nH]c(C)c(C)c2c1. The van der Waals surface area contributed by atoms with E-state index in [2.05, 4.69) is 43.2 Å². The number of hydrogen-bond donors (Lipinski definition) is 2. The molecule has 0 saturated heterocycles. The first-order chi connectivity index (χ1) is 12.5. The smallest absolute Gasteiger partial charge is 0.264 e. The molecule has 1 aliphatic heterocycles. The lowest BCUT2D eigenvalue weighted by Crippen LogP contribution is -2.43. The van der Waals surface area contributed by atoms with Crippen LogP contribution in [0.15, 0.2) is 36.4 Å². The van der Waals surface area contributed by atoms with Crippen LogP contribution in [-0.2, 0) is 11.3 Å². The van der Waals surface area contributed by atoms with E-state index in [1.54, 1.807) is 0 Å². The Labute approximate surface area is 152 Å². The second-order valence-corrected chi connectivity index (χ2v) is 6.80. The van der Waals surface area contributed by atoms with Crippen LogP contribution in [0.1, 0.15) is 22.4 Å². The quantitative estimate of drug-likeness (QED) is 0.759. The third-order valence-corrected chi connectivity index (χ3v) is 4.90. The van der Waals surface area contributed by atoms with Gasteiger partial charge in [0.15, 0.2) is 11.5 Å². The largest absolute Gasteiger partial charge is 0.485 e. The summed E-state index contributed by atoms with van der Waals surface area (Å²) in [5.41, 5.74) is 5.73. The molecule has 0 unspecified atom stereocenters. The Hall–Kier alpha value is -2.95. The number of nitrogens with one attached hydrogen (secondary N) is 2. The van der Waals surface area contributed by atoms with Crippen LogP contribution in [0.5, 0.6) is 11.5 Å². The maximum Gasteiger partial charge on any atom is 0.264 e. The molecule has 0 bridgehead atoms. The predicted octanol–water partition coefficient (Wildman–Crippen LogP) is 3.55. The summed E-state index contributed by atoms with van der Waals surface area (Å²) < 4.78 is 11.4. The number of carbonyl (C=O) groups excluding carboxylic acids is 1. The van der Waals surface area contributed by atoms with Crippen LogP contribution in [0, 0.1) is 20.8 Å². The van der Waals surface area contributed by atoms with Crippen LogP contribution in [0.4, 0.5) is 0 Å². The second kappa shape index (κ2) is 6.41. The number of para-hydroxylation sites is 2. The van der Waals surface area contributed by atoms with E-state index in [9.17, 15) is 4.79 Å². The molecule has 2 heterocycles. The van der Waals surface area contributed by atoms with Gasteiger partial charge in [-0.3, -0.25) is 4.79 Å². The zero-order valence-corrected chi connectivity index (χ0v) is 15.2. The van der Waals surface area contributed by atoms with Gasteiger partial charge in [0.2, 0.25) is 6.10 Å². The van der Waals surface area contributed by atoms with E-state index in [1.165, 1.54) is 16.5 Å². The highest BCUT2D eigenvalue weighted by Crippen LogP contribution is 2.31. The van der Waals surface area contributed by atoms with Crippen LogP contribution in [-0.4, -0.2) is 23.6 Å². The van der Waals surface area contributed by atoms with Crippen molar-refractivity contribution in [2.75, 3.05) is 6.61 Å². The molecule has 1 atom stereocenters. The molecular weight excluding hydrogens is 328 g/mol. The van der Waals surface area contributed by atoms with Gasteiger partial charge in [0, 0.05) is 17.6 Å². The van der Waals surface area contributed by atoms with Gasteiger partial charge in [-0.25, -0.2) is 0 Å². The number of amides is 1. The Morgan fingerprint density at radius 3 is 2.77 bits per heavy atom. The van der Waals surface area contributed by atoms with Gasteiger partial charge in [0.05, 0.1) is 5.52 Å². The lowest BCUT2D eigenvalue weighted by atomic mass is 10.0. The number of aryl methyl sites for hydroxylation is 3. The fourth-order valence-corrected chi connectivity index (χ4v) is 3.37. The molecule has 1 aromatic heterocycles. The van der Waals surface area contributed by atoms with Gasteiger partial charge in [0.25, 0.3) is 5.91 Å². The molecule has 3 aromatic rings. The highest BCUT2D eigenvalue weighted by molar-refractivity contribution is 5.88. The number of carbonyl (C=O) groups is 1. The van der Waals surface area contributed by atoms with Crippen LogP contribution in [0.2, 0.25) is 0 Å². The maximum atomic E-state index is 12.5. The second-order valence-electron chi connectivity index (χ2n) is 6.80. The highest BCUT2D eigenvalue weighted by Gasteiger charge is 2.27. The first-order valence-electron chi connectivity index (χ1n) is 8.77. The summed E-state index contributed by atoms with van der Waals surface area (Å²) >= 11 is 0. The number of fused-ring (bicyclic) bond motifs is 2. The van der Waals surface area contributed by atoms with E-state index in [0.29, 0.717) is 18.0 Å². The van der Waals surface area contributed by atoms with E-state index in [-0.39, 0.29) is 12.5 Å². The van der Waals surface area contributed by atoms with Gasteiger partial charge >= 0.3 is 0 Å². The molecule has 0 saturated carbocycles. The van der Waals surface area contributed by atoms with Gasteiger partial charge in [0.1, 0.15) is 6.61 Å². The molecule has 0 radical (unpaired) electrons. The molecule has 26 heavy (non-hydrogen) atoms. The molecule has 2 aromatic carbocycles. The summed E-state index contributed by atoms with van der Waals surface area (Å²) in [6.45, 7) is 6.91. The van der Waals surface area contributed by atoms with Crippen molar-refractivity contribution in [2.24, 2.45) is 0 Å². The number of H-pyrrole nitrogens is 1. The van der Waals surface area contributed by atoms with E-state index < -0.39 is 6.10 Å². The third-order valence-electron chi connectivity index (χ3n) is 4.90. The van der Waals surface area contributed by atoms with Crippen LogP contribution >= 0.6 is 0 Å². The molecule has 5 heteroatoms. The van der Waals surface area contributed by atoms with E-state index in [4.69, 9.17) is 9.47 Å². The van der Waals surface area contributed by atoms with Crippen LogP contribution < -0.4 is 14.8 Å².